The Morgan fingerprint density at radius 2 is 1.95 bits per heavy atom. The summed E-state index contributed by atoms with van der Waals surface area (Å²) in [6, 6.07) is 0. The number of hydrogen-bond donors (Lipinski definition) is 0. The highest BCUT2D eigenvalue weighted by Gasteiger charge is 2.39. The first-order chi connectivity index (χ1) is 9.33. The molecule has 0 amide bonds. The van der Waals surface area contributed by atoms with Crippen LogP contribution < -0.4 is 0 Å². The van der Waals surface area contributed by atoms with Crippen LogP contribution >= 0.6 is 0 Å². The lowest BCUT2D eigenvalue weighted by molar-refractivity contribution is 0.465. The van der Waals surface area contributed by atoms with Crippen LogP contribution in [-0.2, 0) is 10.8 Å². The summed E-state index contributed by atoms with van der Waals surface area (Å²) in [7, 11) is -0.872. The maximum Gasteiger partial charge on any atom is 0.0711 e. The number of rotatable bonds is 1. The van der Waals surface area contributed by atoms with Crippen LogP contribution in [0.5, 0.6) is 0 Å². The fourth-order valence-corrected chi connectivity index (χ4v) is 5.32. The molecular weight excluding hydrogens is 252 g/mol. The topological polar surface area (TPSA) is 17.1 Å². The van der Waals surface area contributed by atoms with E-state index in [4.69, 9.17) is 0 Å². The largest absolute Gasteiger partial charge is 0.250 e. The van der Waals surface area contributed by atoms with Gasteiger partial charge in [0.2, 0.25) is 0 Å². The van der Waals surface area contributed by atoms with Gasteiger partial charge < -0.3 is 0 Å². The van der Waals surface area contributed by atoms with Gasteiger partial charge in [0.1, 0.15) is 0 Å². The predicted molar refractivity (Wildman–Crippen MR) is 79.8 cm³/mol. The summed E-state index contributed by atoms with van der Waals surface area (Å²) in [4.78, 5) is 0. The van der Waals surface area contributed by atoms with Gasteiger partial charge in [-0.1, -0.05) is 23.3 Å². The second kappa shape index (κ2) is 4.59. The van der Waals surface area contributed by atoms with Crippen LogP contribution in [0.4, 0.5) is 0 Å². The van der Waals surface area contributed by atoms with E-state index in [0.29, 0.717) is 11.8 Å². The van der Waals surface area contributed by atoms with E-state index in [0.717, 1.165) is 0 Å². The molecular formula is C17H20OS. The fourth-order valence-electron chi connectivity index (χ4n) is 4.27. The van der Waals surface area contributed by atoms with Crippen LogP contribution in [0.3, 0.4) is 0 Å². The summed E-state index contributed by atoms with van der Waals surface area (Å²) < 4.78 is 11.9. The van der Waals surface area contributed by atoms with Gasteiger partial charge in [0.25, 0.3) is 0 Å². The second-order valence-corrected chi connectivity index (χ2v) is 7.32. The van der Waals surface area contributed by atoms with Gasteiger partial charge in [-0.3, -0.25) is 4.21 Å². The molecule has 0 radical (unpaired) electrons. The first kappa shape index (κ1) is 11.9. The molecule has 0 spiro atoms. The maximum absolute atomic E-state index is 11.9. The van der Waals surface area contributed by atoms with Gasteiger partial charge in [-0.2, -0.15) is 0 Å². The molecule has 1 nitrogen and oxygen atoms in total. The molecule has 4 aliphatic rings. The monoisotopic (exact) mass is 272 g/mol. The molecule has 3 atom stereocenters. The van der Waals surface area contributed by atoms with Crippen molar-refractivity contribution in [2.24, 2.45) is 11.8 Å². The van der Waals surface area contributed by atoms with Crippen molar-refractivity contribution in [2.75, 3.05) is 0 Å². The van der Waals surface area contributed by atoms with Crippen molar-refractivity contribution in [1.82, 2.24) is 0 Å². The smallest absolute Gasteiger partial charge is 0.0711 e. The van der Waals surface area contributed by atoms with Crippen LogP contribution in [0.25, 0.3) is 0 Å². The van der Waals surface area contributed by atoms with E-state index in [2.05, 4.69) is 12.2 Å². The Balaban J connectivity index is 1.81. The molecule has 100 valence electrons. The molecule has 3 aliphatic carbocycles. The highest BCUT2D eigenvalue weighted by molar-refractivity contribution is 7.91. The molecule has 0 aromatic carbocycles. The van der Waals surface area contributed by atoms with Gasteiger partial charge >= 0.3 is 0 Å². The quantitative estimate of drug-likeness (QED) is 0.648. The molecule has 0 bridgehead atoms. The minimum atomic E-state index is -0.872. The van der Waals surface area contributed by atoms with Gasteiger partial charge in [0, 0.05) is 16.7 Å². The van der Waals surface area contributed by atoms with E-state index in [1.54, 1.807) is 11.1 Å². The number of hydrogen-bond acceptors (Lipinski definition) is 1. The average Bonchev–Trinajstić information content (AvgIpc) is 3.01. The molecule has 1 saturated carbocycles. The van der Waals surface area contributed by atoms with Crippen LogP contribution in [-0.4, -0.2) is 4.21 Å². The molecule has 1 fully saturated rings. The van der Waals surface area contributed by atoms with Crippen LogP contribution in [0.15, 0.2) is 45.3 Å². The van der Waals surface area contributed by atoms with E-state index in [9.17, 15) is 4.21 Å². The van der Waals surface area contributed by atoms with Crippen molar-refractivity contribution in [2.45, 2.75) is 44.9 Å². The zero-order chi connectivity index (χ0) is 12.8. The van der Waals surface area contributed by atoms with Gasteiger partial charge in [-0.25, -0.2) is 0 Å². The molecule has 0 saturated heterocycles. The lowest BCUT2D eigenvalue weighted by Gasteiger charge is -2.34. The van der Waals surface area contributed by atoms with E-state index in [1.165, 1.54) is 56.1 Å². The van der Waals surface area contributed by atoms with Gasteiger partial charge in [-0.15, -0.1) is 0 Å². The summed E-state index contributed by atoms with van der Waals surface area (Å²) >= 11 is 0. The third-order valence-electron chi connectivity index (χ3n) is 5.08. The zero-order valence-corrected chi connectivity index (χ0v) is 12.0. The highest BCUT2D eigenvalue weighted by atomic mass is 32.2. The summed E-state index contributed by atoms with van der Waals surface area (Å²) in [5.41, 5.74) is 5.91. The Morgan fingerprint density at radius 3 is 2.79 bits per heavy atom. The fraction of sp³-hybridized carbons (Fsp3) is 0.529. The third-order valence-corrected chi connectivity index (χ3v) is 6.05. The van der Waals surface area contributed by atoms with Crippen molar-refractivity contribution in [1.29, 1.82) is 0 Å². The van der Waals surface area contributed by atoms with E-state index < -0.39 is 10.8 Å². The lowest BCUT2D eigenvalue weighted by atomic mass is 9.69. The molecule has 19 heavy (non-hydrogen) atoms. The van der Waals surface area contributed by atoms with Crippen molar-refractivity contribution >= 4 is 10.8 Å². The lowest BCUT2D eigenvalue weighted by Crippen LogP contribution is -2.23. The molecule has 0 N–H and O–H groups in total. The van der Waals surface area contributed by atoms with Gasteiger partial charge in [0.05, 0.1) is 10.8 Å². The van der Waals surface area contributed by atoms with E-state index in [1.807, 2.05) is 10.8 Å². The average molecular weight is 272 g/mol. The first-order valence-electron chi connectivity index (χ1n) is 7.55. The van der Waals surface area contributed by atoms with Crippen molar-refractivity contribution in [3.8, 4) is 0 Å². The number of allylic oxidation sites excluding steroid dienone is 6. The summed E-state index contributed by atoms with van der Waals surface area (Å²) in [5.74, 6) is 1.27. The first-order valence-corrected chi connectivity index (χ1v) is 8.83. The van der Waals surface area contributed by atoms with Crippen LogP contribution in [0.1, 0.15) is 44.9 Å². The van der Waals surface area contributed by atoms with Crippen molar-refractivity contribution in [3.05, 3.63) is 45.3 Å². The Kier molecular flexibility index (Phi) is 2.87. The molecule has 1 aliphatic heterocycles. The Labute approximate surface area is 117 Å². The molecule has 0 aromatic heterocycles. The Morgan fingerprint density at radius 1 is 1.05 bits per heavy atom. The molecule has 2 heteroatoms. The van der Waals surface area contributed by atoms with Crippen molar-refractivity contribution in [3.63, 3.8) is 0 Å². The predicted octanol–water partition coefficient (Wildman–Crippen LogP) is 4.37. The van der Waals surface area contributed by atoms with Crippen LogP contribution in [0, 0.1) is 11.8 Å². The summed E-state index contributed by atoms with van der Waals surface area (Å²) in [5, 5.41) is 3.97. The van der Waals surface area contributed by atoms with E-state index in [-0.39, 0.29) is 0 Å². The normalized spacial score (nSPS) is 36.9. The van der Waals surface area contributed by atoms with Gasteiger partial charge in [0.15, 0.2) is 0 Å². The standard InChI is InChI=1S/C17H20OS/c18-19-10-14-9-13-7-4-8-15(13)17(16(14)11-19)12-5-2-1-3-6-12/h5,9-11,15,17H,1-4,6-8H2. The van der Waals surface area contributed by atoms with Crippen molar-refractivity contribution < 1.29 is 4.21 Å². The molecule has 0 aromatic rings. The zero-order valence-electron chi connectivity index (χ0n) is 11.2. The Bertz CT molecular complexity index is 562. The molecule has 1 heterocycles. The SMILES string of the molecule is O=S1C=C2C=C3CCCC3C(C3=CCCCC3)C2=C1. The minimum Gasteiger partial charge on any atom is -0.250 e. The molecule has 3 unspecified atom stereocenters. The maximum atomic E-state index is 11.9. The van der Waals surface area contributed by atoms with E-state index >= 15 is 0 Å². The van der Waals surface area contributed by atoms with Crippen LogP contribution in [0.2, 0.25) is 0 Å². The highest BCUT2D eigenvalue weighted by Crippen LogP contribution is 2.51. The summed E-state index contributed by atoms with van der Waals surface area (Å²) in [6.07, 6.45) is 13.9. The minimum absolute atomic E-state index is 0.556. The number of fused-ring (bicyclic) bond motifs is 2. The third kappa shape index (κ3) is 1.92. The van der Waals surface area contributed by atoms with Gasteiger partial charge in [-0.05, 0) is 62.0 Å². The second-order valence-electron chi connectivity index (χ2n) is 6.20. The molecule has 4 rings (SSSR count). The summed E-state index contributed by atoms with van der Waals surface area (Å²) in [6.45, 7) is 0. The Hall–Kier alpha value is -0.890.